The van der Waals surface area contributed by atoms with Crippen LogP contribution in [0.15, 0.2) is 66.9 Å². The van der Waals surface area contributed by atoms with Crippen molar-refractivity contribution >= 4 is 23.5 Å². The van der Waals surface area contributed by atoms with Crippen LogP contribution in [0, 0.1) is 6.92 Å². The van der Waals surface area contributed by atoms with E-state index in [0.29, 0.717) is 23.7 Å². The van der Waals surface area contributed by atoms with Gasteiger partial charge < -0.3 is 25.0 Å². The number of amides is 3. The lowest BCUT2D eigenvalue weighted by Gasteiger charge is -2.33. The minimum absolute atomic E-state index is 0.0944. The van der Waals surface area contributed by atoms with E-state index in [1.54, 1.807) is 29.3 Å². The van der Waals surface area contributed by atoms with E-state index in [1.165, 1.54) is 6.42 Å². The number of hydrogen-bond acceptors (Lipinski definition) is 6. The summed E-state index contributed by atoms with van der Waals surface area (Å²) in [5.74, 6) is 1.13. The third-order valence-electron chi connectivity index (χ3n) is 7.74. The number of benzene rings is 2. The van der Waals surface area contributed by atoms with E-state index in [-0.39, 0.29) is 49.9 Å². The molecule has 9 heteroatoms. The van der Waals surface area contributed by atoms with Gasteiger partial charge in [0.15, 0.2) is 11.5 Å². The molecular formula is C33H38N4O5. The Labute approximate surface area is 246 Å². The fourth-order valence-electron chi connectivity index (χ4n) is 5.49. The highest BCUT2D eigenvalue weighted by molar-refractivity contribution is 5.91. The van der Waals surface area contributed by atoms with Crippen molar-refractivity contribution in [1.29, 1.82) is 0 Å². The van der Waals surface area contributed by atoms with Crippen molar-refractivity contribution in [2.24, 2.45) is 0 Å². The average Bonchev–Trinajstić information content (AvgIpc) is 3.47. The molecule has 0 bridgehead atoms. The van der Waals surface area contributed by atoms with E-state index < -0.39 is 6.04 Å². The Balaban J connectivity index is 1.37. The summed E-state index contributed by atoms with van der Waals surface area (Å²) in [5.41, 5.74) is 2.64. The standard InChI is InChI=1S/C33H38N4O5/c1-23-13-16-25(17-14-23)32(33(40)35-26-8-3-2-4-9-26)37(21-24-15-18-27-28(20-24)42-22-41-27)31(39)12-7-11-30(38)36-29-10-5-6-19-34-29/h5-6,10,13-20,26,32H,2-4,7-9,11-12,21-22H2,1H3,(H,35,40)(H,34,36,38). The van der Waals surface area contributed by atoms with Crippen LogP contribution in [0.1, 0.15) is 74.1 Å². The molecular weight excluding hydrogens is 532 g/mol. The number of aromatic nitrogens is 1. The minimum atomic E-state index is -0.826. The van der Waals surface area contributed by atoms with E-state index >= 15 is 0 Å². The monoisotopic (exact) mass is 570 g/mol. The summed E-state index contributed by atoms with van der Waals surface area (Å²) in [7, 11) is 0. The van der Waals surface area contributed by atoms with Crippen molar-refractivity contribution in [3.63, 3.8) is 0 Å². The molecule has 1 aromatic heterocycles. The van der Waals surface area contributed by atoms with Gasteiger partial charge in [-0.3, -0.25) is 14.4 Å². The number of ether oxygens (including phenoxy) is 2. The topological polar surface area (TPSA) is 110 Å². The molecule has 1 fully saturated rings. The molecule has 3 aromatic rings. The molecule has 3 amide bonds. The van der Waals surface area contributed by atoms with Crippen LogP contribution in [0.4, 0.5) is 5.82 Å². The summed E-state index contributed by atoms with van der Waals surface area (Å²) in [6.07, 6.45) is 7.43. The Kier molecular flexibility index (Phi) is 9.69. The molecule has 220 valence electrons. The highest BCUT2D eigenvalue weighted by Crippen LogP contribution is 2.34. The van der Waals surface area contributed by atoms with Gasteiger partial charge in [0, 0.05) is 31.6 Å². The van der Waals surface area contributed by atoms with Gasteiger partial charge in [0.2, 0.25) is 24.5 Å². The van der Waals surface area contributed by atoms with Crippen LogP contribution in [-0.2, 0) is 20.9 Å². The summed E-state index contributed by atoms with van der Waals surface area (Å²) in [6, 6.07) is 17.9. The molecule has 1 atom stereocenters. The second kappa shape index (κ2) is 14.0. The van der Waals surface area contributed by atoms with Gasteiger partial charge in [-0.05, 0) is 61.6 Å². The van der Waals surface area contributed by atoms with Crippen LogP contribution in [-0.4, -0.2) is 40.4 Å². The third kappa shape index (κ3) is 7.66. The summed E-state index contributed by atoms with van der Waals surface area (Å²) in [5, 5.41) is 6.01. The van der Waals surface area contributed by atoms with Crippen LogP contribution >= 0.6 is 0 Å². The molecule has 2 aromatic carbocycles. The van der Waals surface area contributed by atoms with Crippen molar-refractivity contribution in [2.45, 2.75) is 76.9 Å². The number of hydrogen-bond donors (Lipinski definition) is 2. The van der Waals surface area contributed by atoms with Gasteiger partial charge >= 0.3 is 0 Å². The van der Waals surface area contributed by atoms with Crippen molar-refractivity contribution in [2.75, 3.05) is 12.1 Å². The van der Waals surface area contributed by atoms with Crippen molar-refractivity contribution in [3.8, 4) is 11.5 Å². The molecule has 2 aliphatic rings. The van der Waals surface area contributed by atoms with Crippen LogP contribution in [0.5, 0.6) is 11.5 Å². The van der Waals surface area contributed by atoms with Gasteiger partial charge in [-0.2, -0.15) is 0 Å². The van der Waals surface area contributed by atoms with Crippen LogP contribution in [0.25, 0.3) is 0 Å². The smallest absolute Gasteiger partial charge is 0.247 e. The van der Waals surface area contributed by atoms with Crippen LogP contribution in [0.3, 0.4) is 0 Å². The zero-order chi connectivity index (χ0) is 29.3. The Hall–Kier alpha value is -4.40. The molecule has 9 nitrogen and oxygen atoms in total. The Morgan fingerprint density at radius 3 is 2.50 bits per heavy atom. The molecule has 42 heavy (non-hydrogen) atoms. The van der Waals surface area contributed by atoms with Gasteiger partial charge in [0.05, 0.1) is 0 Å². The van der Waals surface area contributed by atoms with Crippen molar-refractivity contribution < 1.29 is 23.9 Å². The molecule has 0 saturated heterocycles. The molecule has 1 aliphatic heterocycles. The largest absolute Gasteiger partial charge is 0.454 e. The number of anilines is 1. The molecule has 2 N–H and O–H groups in total. The molecule has 2 heterocycles. The third-order valence-corrected chi connectivity index (χ3v) is 7.74. The Morgan fingerprint density at radius 1 is 0.952 bits per heavy atom. The molecule has 0 radical (unpaired) electrons. The van der Waals surface area contributed by atoms with E-state index in [0.717, 1.165) is 42.4 Å². The first-order chi connectivity index (χ1) is 20.5. The van der Waals surface area contributed by atoms with Gasteiger partial charge in [-0.15, -0.1) is 0 Å². The highest BCUT2D eigenvalue weighted by atomic mass is 16.7. The first-order valence-electron chi connectivity index (χ1n) is 14.7. The van der Waals surface area contributed by atoms with Gasteiger partial charge in [0.25, 0.3) is 0 Å². The zero-order valence-electron chi connectivity index (χ0n) is 24.0. The number of nitrogens with zero attached hydrogens (tertiary/aromatic N) is 2. The Bertz CT molecular complexity index is 1370. The number of rotatable bonds is 11. The van der Waals surface area contributed by atoms with Crippen LogP contribution < -0.4 is 20.1 Å². The second-order valence-corrected chi connectivity index (χ2v) is 11.0. The maximum atomic E-state index is 14.0. The highest BCUT2D eigenvalue weighted by Gasteiger charge is 2.33. The maximum absolute atomic E-state index is 14.0. The lowest BCUT2D eigenvalue weighted by atomic mass is 9.94. The number of carbonyl (C=O) groups excluding carboxylic acids is 3. The van der Waals surface area contributed by atoms with E-state index in [1.807, 2.05) is 49.4 Å². The zero-order valence-corrected chi connectivity index (χ0v) is 24.0. The molecule has 5 rings (SSSR count). The van der Waals surface area contributed by atoms with Gasteiger partial charge in [-0.25, -0.2) is 4.98 Å². The fourth-order valence-corrected chi connectivity index (χ4v) is 5.49. The number of fused-ring (bicyclic) bond motifs is 1. The lowest BCUT2D eigenvalue weighted by molar-refractivity contribution is -0.142. The minimum Gasteiger partial charge on any atom is -0.454 e. The fraction of sp³-hybridized carbons (Fsp3) is 0.394. The number of nitrogens with one attached hydrogen (secondary N) is 2. The van der Waals surface area contributed by atoms with Crippen LogP contribution in [0.2, 0.25) is 0 Å². The summed E-state index contributed by atoms with van der Waals surface area (Å²) in [6.45, 7) is 2.34. The maximum Gasteiger partial charge on any atom is 0.247 e. The second-order valence-electron chi connectivity index (χ2n) is 11.0. The normalized spacial score (nSPS) is 15.1. The van der Waals surface area contributed by atoms with Crippen molar-refractivity contribution in [1.82, 2.24) is 15.2 Å². The average molecular weight is 571 g/mol. The first-order valence-corrected chi connectivity index (χ1v) is 14.7. The Morgan fingerprint density at radius 2 is 1.74 bits per heavy atom. The van der Waals surface area contributed by atoms with E-state index in [4.69, 9.17) is 9.47 Å². The predicted molar refractivity (Wildman–Crippen MR) is 159 cm³/mol. The van der Waals surface area contributed by atoms with E-state index in [2.05, 4.69) is 15.6 Å². The molecule has 1 aliphatic carbocycles. The SMILES string of the molecule is Cc1ccc(C(C(=O)NC2CCCCC2)N(Cc2ccc3c(c2)OCO3)C(=O)CCCC(=O)Nc2ccccn2)cc1. The molecule has 0 spiro atoms. The summed E-state index contributed by atoms with van der Waals surface area (Å²) >= 11 is 0. The predicted octanol–water partition coefficient (Wildman–Crippen LogP) is 5.45. The first kappa shape index (κ1) is 29.1. The number of pyridine rings is 1. The molecule has 1 unspecified atom stereocenters. The molecule has 1 saturated carbocycles. The number of carbonyl (C=O) groups is 3. The van der Waals surface area contributed by atoms with Crippen molar-refractivity contribution in [3.05, 3.63) is 83.6 Å². The quantitative estimate of drug-likeness (QED) is 0.317. The lowest BCUT2D eigenvalue weighted by Crippen LogP contribution is -2.46. The number of aryl methyl sites for hydroxylation is 1. The van der Waals surface area contributed by atoms with E-state index in [9.17, 15) is 14.4 Å². The van der Waals surface area contributed by atoms with Gasteiger partial charge in [-0.1, -0.05) is 61.2 Å². The summed E-state index contributed by atoms with van der Waals surface area (Å²) < 4.78 is 11.0. The summed E-state index contributed by atoms with van der Waals surface area (Å²) in [4.78, 5) is 46.2. The van der Waals surface area contributed by atoms with Gasteiger partial charge in [0.1, 0.15) is 11.9 Å².